The summed E-state index contributed by atoms with van der Waals surface area (Å²) in [6, 6.07) is 0. The predicted octanol–water partition coefficient (Wildman–Crippen LogP) is 2.61. The Morgan fingerprint density at radius 1 is 1.13 bits per heavy atom. The van der Waals surface area contributed by atoms with Gasteiger partial charge in [0.2, 0.25) is 5.54 Å². The normalized spacial score (nSPS) is 21.7. The van der Waals surface area contributed by atoms with Crippen molar-refractivity contribution < 1.29 is 29.1 Å². The fraction of sp³-hybridized carbons (Fsp3) is 0.688. The van der Waals surface area contributed by atoms with Crippen molar-refractivity contribution in [3.05, 3.63) is 11.6 Å². The topological polar surface area (TPSA) is 93.1 Å². The number of hydrogen-bond donors (Lipinski definition) is 1. The molecule has 0 saturated carbocycles. The summed E-state index contributed by atoms with van der Waals surface area (Å²) < 4.78 is 10.3. The van der Waals surface area contributed by atoms with Gasteiger partial charge in [0.1, 0.15) is 11.2 Å². The summed E-state index contributed by atoms with van der Waals surface area (Å²) in [7, 11) is 0. The Balaban J connectivity index is 3.20. The molecule has 0 heterocycles. The Morgan fingerprint density at radius 2 is 1.61 bits per heavy atom. The molecule has 130 valence electrons. The van der Waals surface area contributed by atoms with Crippen LogP contribution < -0.4 is 0 Å². The van der Waals surface area contributed by atoms with Crippen LogP contribution in [0.4, 0.5) is 4.79 Å². The number of ketones is 1. The Hall–Kier alpha value is -1.89. The first-order valence-corrected chi connectivity index (χ1v) is 7.36. The minimum Gasteiger partial charge on any atom is -0.458 e. The summed E-state index contributed by atoms with van der Waals surface area (Å²) >= 11 is 0. The fourth-order valence-electron chi connectivity index (χ4n) is 2.15. The zero-order chi connectivity index (χ0) is 18.2. The molecule has 7 heteroatoms. The number of hydroxylamine groups is 2. The third-order valence-corrected chi connectivity index (χ3v) is 2.98. The van der Waals surface area contributed by atoms with Crippen LogP contribution in [0.5, 0.6) is 0 Å². The smallest absolute Gasteiger partial charge is 0.435 e. The lowest BCUT2D eigenvalue weighted by molar-refractivity contribution is -0.198. The zero-order valence-corrected chi connectivity index (χ0v) is 14.7. The average molecular weight is 327 g/mol. The van der Waals surface area contributed by atoms with Crippen molar-refractivity contribution in [1.82, 2.24) is 5.06 Å². The van der Waals surface area contributed by atoms with Gasteiger partial charge in [-0.25, -0.2) is 9.59 Å². The van der Waals surface area contributed by atoms with Crippen molar-refractivity contribution in [2.24, 2.45) is 0 Å². The molecule has 0 aromatic heterocycles. The van der Waals surface area contributed by atoms with Crippen LogP contribution in [-0.4, -0.2) is 44.9 Å². The molecule has 1 unspecified atom stereocenters. The van der Waals surface area contributed by atoms with E-state index in [-0.39, 0.29) is 11.5 Å². The van der Waals surface area contributed by atoms with Crippen LogP contribution in [0, 0.1) is 0 Å². The molecule has 0 radical (unpaired) electrons. The van der Waals surface area contributed by atoms with E-state index in [2.05, 4.69) is 0 Å². The molecule has 1 aliphatic rings. The minimum atomic E-state index is -2.14. The maximum absolute atomic E-state index is 12.6. The summed E-state index contributed by atoms with van der Waals surface area (Å²) in [6.07, 6.45) is -0.103. The summed E-state index contributed by atoms with van der Waals surface area (Å²) in [6.45, 7) is 11.4. The van der Waals surface area contributed by atoms with Crippen LogP contribution in [0.2, 0.25) is 0 Å². The van der Waals surface area contributed by atoms with Gasteiger partial charge in [-0.05, 0) is 54.5 Å². The highest BCUT2D eigenvalue weighted by atomic mass is 16.6. The molecule has 7 nitrogen and oxygen atoms in total. The molecule has 1 aliphatic carbocycles. The van der Waals surface area contributed by atoms with Crippen LogP contribution in [0.1, 0.15) is 54.9 Å². The van der Waals surface area contributed by atoms with E-state index >= 15 is 0 Å². The van der Waals surface area contributed by atoms with E-state index in [1.54, 1.807) is 48.5 Å². The second kappa shape index (κ2) is 5.96. The molecule has 1 N–H and O–H groups in total. The van der Waals surface area contributed by atoms with E-state index in [1.807, 2.05) is 0 Å². The van der Waals surface area contributed by atoms with Crippen LogP contribution in [0.15, 0.2) is 11.6 Å². The van der Waals surface area contributed by atoms with Gasteiger partial charge in [0.25, 0.3) is 0 Å². The monoisotopic (exact) mass is 327 g/mol. The molecular formula is C16H25NO6. The maximum atomic E-state index is 12.6. The van der Waals surface area contributed by atoms with Crippen molar-refractivity contribution >= 4 is 17.8 Å². The number of carbonyl (C=O) groups excluding carboxylic acids is 3. The van der Waals surface area contributed by atoms with Crippen molar-refractivity contribution in [1.29, 1.82) is 0 Å². The van der Waals surface area contributed by atoms with Gasteiger partial charge in [-0.3, -0.25) is 10.0 Å². The van der Waals surface area contributed by atoms with Crippen LogP contribution in [0.3, 0.4) is 0 Å². The Bertz CT molecular complexity index is 552. The highest BCUT2D eigenvalue weighted by molar-refractivity contribution is 6.17. The summed E-state index contributed by atoms with van der Waals surface area (Å²) in [5, 5.41) is 10.3. The molecule has 0 saturated heterocycles. The lowest BCUT2D eigenvalue weighted by Gasteiger charge is -2.35. The second-order valence-electron chi connectivity index (χ2n) is 7.69. The van der Waals surface area contributed by atoms with E-state index < -0.39 is 34.6 Å². The highest BCUT2D eigenvalue weighted by Gasteiger charge is 2.58. The number of carbonyl (C=O) groups is 3. The first-order valence-electron chi connectivity index (χ1n) is 7.36. The SMILES string of the molecule is CC1=CC(=O)C(C(=O)OC(C)(C)C)(N(O)C(=O)OC(C)(C)C)C1. The molecule has 1 amide bonds. The van der Waals surface area contributed by atoms with Crippen molar-refractivity contribution in [3.8, 4) is 0 Å². The number of nitrogens with zero attached hydrogens (tertiary/aromatic N) is 1. The molecule has 23 heavy (non-hydrogen) atoms. The Morgan fingerprint density at radius 3 is 1.96 bits per heavy atom. The van der Waals surface area contributed by atoms with Gasteiger partial charge in [0.15, 0.2) is 5.78 Å². The third kappa shape index (κ3) is 4.31. The zero-order valence-electron chi connectivity index (χ0n) is 14.7. The maximum Gasteiger partial charge on any atom is 0.435 e. The molecule has 1 atom stereocenters. The van der Waals surface area contributed by atoms with E-state index in [0.717, 1.165) is 0 Å². The van der Waals surface area contributed by atoms with Gasteiger partial charge in [0.05, 0.1) is 0 Å². The molecule has 0 bridgehead atoms. The first kappa shape index (κ1) is 19.2. The number of esters is 1. The third-order valence-electron chi connectivity index (χ3n) is 2.98. The Labute approximate surface area is 136 Å². The predicted molar refractivity (Wildman–Crippen MR) is 81.8 cm³/mol. The quantitative estimate of drug-likeness (QED) is 0.363. The van der Waals surface area contributed by atoms with Gasteiger partial charge in [-0.1, -0.05) is 5.57 Å². The van der Waals surface area contributed by atoms with Gasteiger partial charge in [-0.15, -0.1) is 0 Å². The highest BCUT2D eigenvalue weighted by Crippen LogP contribution is 2.34. The fourth-order valence-corrected chi connectivity index (χ4v) is 2.15. The minimum absolute atomic E-state index is 0.0572. The standard InChI is InChI=1S/C16H25NO6/c1-10-8-11(18)16(9-10,12(19)22-14(2,3)4)17(21)13(20)23-15(5,6)7/h8,21H,9H2,1-7H3. The lowest BCUT2D eigenvalue weighted by atomic mass is 9.93. The number of ether oxygens (including phenoxy) is 2. The van der Waals surface area contributed by atoms with Crippen molar-refractivity contribution in [3.63, 3.8) is 0 Å². The van der Waals surface area contributed by atoms with Gasteiger partial charge in [-0.2, -0.15) is 5.06 Å². The van der Waals surface area contributed by atoms with Gasteiger partial charge >= 0.3 is 12.1 Å². The number of hydrogen-bond acceptors (Lipinski definition) is 6. The van der Waals surface area contributed by atoms with E-state index in [4.69, 9.17) is 9.47 Å². The van der Waals surface area contributed by atoms with Crippen molar-refractivity contribution in [2.45, 2.75) is 71.6 Å². The summed E-state index contributed by atoms with van der Waals surface area (Å²) in [5.74, 6) is -1.70. The van der Waals surface area contributed by atoms with Gasteiger partial charge < -0.3 is 9.47 Å². The van der Waals surface area contributed by atoms with Crippen LogP contribution in [0.25, 0.3) is 0 Å². The molecule has 1 rings (SSSR count). The van der Waals surface area contributed by atoms with E-state index in [9.17, 15) is 19.6 Å². The second-order valence-corrected chi connectivity index (χ2v) is 7.69. The average Bonchev–Trinajstić information content (AvgIpc) is 2.59. The van der Waals surface area contributed by atoms with Gasteiger partial charge in [0, 0.05) is 6.42 Å². The summed E-state index contributed by atoms with van der Waals surface area (Å²) in [4.78, 5) is 37.1. The van der Waals surface area contributed by atoms with Crippen molar-refractivity contribution in [2.75, 3.05) is 0 Å². The van der Waals surface area contributed by atoms with E-state index in [0.29, 0.717) is 5.57 Å². The molecule has 0 aliphatic heterocycles. The molecule has 0 aromatic carbocycles. The molecular weight excluding hydrogens is 302 g/mol. The number of amides is 1. The van der Waals surface area contributed by atoms with E-state index in [1.165, 1.54) is 6.08 Å². The molecule has 0 spiro atoms. The molecule has 0 fully saturated rings. The Kier molecular flexibility index (Phi) is 4.96. The largest absolute Gasteiger partial charge is 0.458 e. The van der Waals surface area contributed by atoms with Crippen LogP contribution >= 0.6 is 0 Å². The first-order chi connectivity index (χ1) is 10.2. The summed E-state index contributed by atoms with van der Waals surface area (Å²) in [5.41, 5.74) is -3.35. The lowest BCUT2D eigenvalue weighted by Crippen LogP contribution is -2.61. The number of rotatable bonds is 2. The van der Waals surface area contributed by atoms with Crippen LogP contribution in [-0.2, 0) is 19.1 Å². The molecule has 0 aromatic rings.